The maximum absolute atomic E-state index is 11.6. The molecule has 0 aliphatic carbocycles. The number of nitrogens with one attached hydrogen (secondary N) is 2. The van der Waals surface area contributed by atoms with Crippen molar-refractivity contribution >= 4 is 12.1 Å². The van der Waals surface area contributed by atoms with Crippen LogP contribution in [0.1, 0.15) is 5.69 Å². The number of hydrogen-bond acceptors (Lipinski definition) is 6. The largest absolute Gasteiger partial charge is 0.394 e. The van der Waals surface area contributed by atoms with Gasteiger partial charge in [0.1, 0.15) is 6.29 Å². The third-order valence-corrected chi connectivity index (χ3v) is 2.31. The van der Waals surface area contributed by atoms with Gasteiger partial charge in [0.2, 0.25) is 0 Å². The smallest absolute Gasteiger partial charge is 0.163 e. The molecule has 0 aliphatic heterocycles. The second-order valence-electron chi connectivity index (χ2n) is 3.66. The van der Waals surface area contributed by atoms with Gasteiger partial charge in [-0.25, -0.2) is 4.98 Å². The summed E-state index contributed by atoms with van der Waals surface area (Å²) >= 11 is 0. The zero-order valence-corrected chi connectivity index (χ0v) is 9.30. The Labute approximate surface area is 98.4 Å². The normalized spacial score (nSPS) is 14.2. The van der Waals surface area contributed by atoms with E-state index in [1.165, 1.54) is 6.33 Å². The van der Waals surface area contributed by atoms with Crippen LogP contribution in [0.3, 0.4) is 0 Å². The number of ketones is 1. The Morgan fingerprint density at radius 2 is 2.47 bits per heavy atom. The van der Waals surface area contributed by atoms with E-state index < -0.39 is 12.1 Å². The number of rotatable bonds is 8. The highest BCUT2D eigenvalue weighted by molar-refractivity contribution is 5.86. The lowest BCUT2D eigenvalue weighted by molar-refractivity contribution is -0.119. The van der Waals surface area contributed by atoms with Crippen molar-refractivity contribution in [3.63, 3.8) is 0 Å². The van der Waals surface area contributed by atoms with E-state index >= 15 is 0 Å². The van der Waals surface area contributed by atoms with Crippen molar-refractivity contribution in [2.75, 3.05) is 13.2 Å². The van der Waals surface area contributed by atoms with Gasteiger partial charge < -0.3 is 20.6 Å². The third-order valence-electron chi connectivity index (χ3n) is 2.31. The Morgan fingerprint density at radius 1 is 1.71 bits per heavy atom. The molecule has 0 aromatic carbocycles. The van der Waals surface area contributed by atoms with Gasteiger partial charge in [0.05, 0.1) is 31.6 Å². The summed E-state index contributed by atoms with van der Waals surface area (Å²) in [5, 5.41) is 11.3. The van der Waals surface area contributed by atoms with Crippen LogP contribution in [0.25, 0.3) is 0 Å². The summed E-state index contributed by atoms with van der Waals surface area (Å²) in [5.41, 5.74) is 6.47. The van der Waals surface area contributed by atoms with E-state index in [1.807, 2.05) is 0 Å². The minimum atomic E-state index is -0.724. The van der Waals surface area contributed by atoms with E-state index in [0.29, 0.717) is 12.7 Å². The highest BCUT2D eigenvalue weighted by Gasteiger charge is 2.16. The van der Waals surface area contributed by atoms with E-state index in [9.17, 15) is 9.59 Å². The number of carbonyl (C=O) groups excluding carboxylic acids is 2. The lowest BCUT2D eigenvalue weighted by atomic mass is 10.1. The van der Waals surface area contributed by atoms with Gasteiger partial charge in [-0.2, -0.15) is 0 Å². The molecular weight excluding hydrogens is 224 g/mol. The fourth-order valence-electron chi connectivity index (χ4n) is 1.27. The van der Waals surface area contributed by atoms with Crippen LogP contribution in [0.2, 0.25) is 0 Å². The molecule has 0 unspecified atom stereocenters. The number of aromatic amines is 1. The van der Waals surface area contributed by atoms with Crippen molar-refractivity contribution in [3.05, 3.63) is 18.2 Å². The number of aliphatic hydroxyl groups is 1. The van der Waals surface area contributed by atoms with Crippen LogP contribution in [-0.2, 0) is 16.0 Å². The highest BCUT2D eigenvalue weighted by Crippen LogP contribution is 1.97. The average molecular weight is 240 g/mol. The second kappa shape index (κ2) is 6.89. The number of aldehydes is 1. The van der Waals surface area contributed by atoms with Gasteiger partial charge in [-0.1, -0.05) is 0 Å². The molecule has 2 atom stereocenters. The van der Waals surface area contributed by atoms with E-state index in [0.717, 1.165) is 5.69 Å². The fourth-order valence-corrected chi connectivity index (χ4v) is 1.27. The Bertz CT molecular complexity index is 352. The summed E-state index contributed by atoms with van der Waals surface area (Å²) < 4.78 is 0. The van der Waals surface area contributed by atoms with Crippen LogP contribution in [-0.4, -0.2) is 52.4 Å². The molecule has 0 bridgehead atoms. The molecule has 1 rings (SSSR count). The first kappa shape index (κ1) is 13.5. The number of nitrogens with two attached hydrogens (primary N) is 1. The molecule has 7 nitrogen and oxygen atoms in total. The predicted molar refractivity (Wildman–Crippen MR) is 60.2 cm³/mol. The zero-order chi connectivity index (χ0) is 12.7. The Kier molecular flexibility index (Phi) is 5.47. The number of imidazole rings is 1. The second-order valence-corrected chi connectivity index (χ2v) is 3.66. The van der Waals surface area contributed by atoms with Crippen molar-refractivity contribution < 1.29 is 14.7 Å². The van der Waals surface area contributed by atoms with Gasteiger partial charge in [-0.3, -0.25) is 10.1 Å². The van der Waals surface area contributed by atoms with Crippen molar-refractivity contribution in [2.45, 2.75) is 18.5 Å². The number of aliphatic hydroxyl groups excluding tert-OH is 1. The zero-order valence-electron chi connectivity index (χ0n) is 9.30. The summed E-state index contributed by atoms with van der Waals surface area (Å²) in [6, 6.07) is -1.38. The SMILES string of the molecule is N[C@@H](Cc1cnc[nH]1)C(=O)CN[C@H](C=O)CO. The first-order valence-electron chi connectivity index (χ1n) is 5.22. The Balaban J connectivity index is 2.34. The molecule has 0 saturated heterocycles. The van der Waals surface area contributed by atoms with Crippen LogP contribution in [0.4, 0.5) is 0 Å². The first-order valence-corrected chi connectivity index (χ1v) is 5.22. The number of aromatic nitrogens is 2. The number of H-pyrrole nitrogens is 1. The molecule has 94 valence electrons. The maximum atomic E-state index is 11.6. The van der Waals surface area contributed by atoms with Crippen molar-refractivity contribution in [2.24, 2.45) is 5.73 Å². The molecule has 17 heavy (non-hydrogen) atoms. The number of carbonyl (C=O) groups is 2. The fraction of sp³-hybridized carbons (Fsp3) is 0.500. The first-order chi connectivity index (χ1) is 8.17. The molecule has 0 amide bonds. The van der Waals surface area contributed by atoms with Crippen LogP contribution >= 0.6 is 0 Å². The molecule has 0 spiro atoms. The highest BCUT2D eigenvalue weighted by atomic mass is 16.3. The predicted octanol–water partition coefficient (Wildman–Crippen LogP) is -2.00. The standard InChI is InChI=1S/C10H16N4O3/c11-9(1-7-2-12-6-14-7)10(17)3-13-8(4-15)5-16/h2,4,6,8-9,13,16H,1,3,5,11H2,(H,12,14)/t8-,9+/m1/s1. The van der Waals surface area contributed by atoms with Crippen LogP contribution in [0, 0.1) is 0 Å². The minimum Gasteiger partial charge on any atom is -0.394 e. The maximum Gasteiger partial charge on any atom is 0.163 e. The molecular formula is C10H16N4O3. The quantitative estimate of drug-likeness (QED) is 0.390. The van der Waals surface area contributed by atoms with Crippen molar-refractivity contribution in [1.82, 2.24) is 15.3 Å². The number of Topliss-reactive ketones (excluding diaryl/α,β-unsaturated/α-hetero) is 1. The molecule has 1 aromatic rings. The number of nitrogens with zero attached hydrogens (tertiary/aromatic N) is 1. The van der Waals surface area contributed by atoms with Gasteiger partial charge >= 0.3 is 0 Å². The summed E-state index contributed by atoms with van der Waals surface area (Å²) in [4.78, 5) is 28.7. The Hall–Kier alpha value is -1.57. The molecule has 1 heterocycles. The van der Waals surface area contributed by atoms with E-state index in [2.05, 4.69) is 15.3 Å². The third kappa shape index (κ3) is 4.43. The van der Waals surface area contributed by atoms with Gasteiger partial charge in [-0.05, 0) is 0 Å². The molecule has 1 aromatic heterocycles. The molecule has 7 heteroatoms. The average Bonchev–Trinajstić information content (AvgIpc) is 2.82. The summed E-state index contributed by atoms with van der Waals surface area (Å²) in [6.45, 7) is -0.383. The van der Waals surface area contributed by atoms with Crippen LogP contribution in [0.5, 0.6) is 0 Å². The molecule has 5 N–H and O–H groups in total. The molecule has 0 radical (unpaired) electrons. The van der Waals surface area contributed by atoms with Gasteiger partial charge in [0.25, 0.3) is 0 Å². The van der Waals surface area contributed by atoms with E-state index in [1.54, 1.807) is 6.20 Å². The number of hydrogen-bond donors (Lipinski definition) is 4. The minimum absolute atomic E-state index is 0.0424. The van der Waals surface area contributed by atoms with Crippen molar-refractivity contribution in [1.29, 1.82) is 0 Å². The van der Waals surface area contributed by atoms with Crippen LogP contribution in [0.15, 0.2) is 12.5 Å². The lowest BCUT2D eigenvalue weighted by Crippen LogP contribution is -2.44. The van der Waals surface area contributed by atoms with Gasteiger partial charge in [0.15, 0.2) is 5.78 Å². The van der Waals surface area contributed by atoms with Gasteiger partial charge in [0, 0.05) is 18.3 Å². The molecule has 0 aliphatic rings. The van der Waals surface area contributed by atoms with Crippen LogP contribution < -0.4 is 11.1 Å². The molecule has 0 fully saturated rings. The van der Waals surface area contributed by atoms with E-state index in [4.69, 9.17) is 10.8 Å². The van der Waals surface area contributed by atoms with Gasteiger partial charge in [-0.15, -0.1) is 0 Å². The van der Waals surface area contributed by atoms with E-state index in [-0.39, 0.29) is 18.9 Å². The van der Waals surface area contributed by atoms with Crippen molar-refractivity contribution in [3.8, 4) is 0 Å². The monoisotopic (exact) mass is 240 g/mol. The summed E-state index contributed by atoms with van der Waals surface area (Å²) in [6.07, 6.45) is 4.03. The topological polar surface area (TPSA) is 121 Å². The molecule has 0 saturated carbocycles. The lowest BCUT2D eigenvalue weighted by Gasteiger charge is -2.12. The Morgan fingerprint density at radius 3 is 3.00 bits per heavy atom. The summed E-state index contributed by atoms with van der Waals surface area (Å²) in [7, 11) is 0. The summed E-state index contributed by atoms with van der Waals surface area (Å²) in [5.74, 6) is -0.222.